The highest BCUT2D eigenvalue weighted by Crippen LogP contribution is 2.28. The molecule has 11 heteroatoms. The average Bonchev–Trinajstić information content (AvgIpc) is 3.15. The number of hydrogen-bond donors (Lipinski definition) is 1. The van der Waals surface area contributed by atoms with Gasteiger partial charge in [0.25, 0.3) is 0 Å². The second-order valence-corrected chi connectivity index (χ2v) is 8.97. The Bertz CT molecular complexity index is 1370. The number of pyridine rings is 1. The van der Waals surface area contributed by atoms with Crippen molar-refractivity contribution in [3.8, 4) is 5.75 Å². The first-order chi connectivity index (χ1) is 14.7. The zero-order valence-electron chi connectivity index (χ0n) is 17.0. The fraction of sp³-hybridized carbons (Fsp3) is 0.200. The number of hydrogen-bond acceptors (Lipinski definition) is 8. The average molecular weight is 442 g/mol. The summed E-state index contributed by atoms with van der Waals surface area (Å²) in [7, 11) is -0.178. The van der Waals surface area contributed by atoms with Gasteiger partial charge in [-0.1, -0.05) is 0 Å². The number of nitrogens with zero attached hydrogens (tertiary/aromatic N) is 5. The third-order valence-electron chi connectivity index (χ3n) is 4.68. The predicted octanol–water partition coefficient (Wildman–Crippen LogP) is 2.66. The number of ether oxygens (including phenoxy) is 1. The number of benzene rings is 1. The Morgan fingerprint density at radius 3 is 2.74 bits per heavy atom. The van der Waals surface area contributed by atoms with Crippen LogP contribution in [0.1, 0.15) is 11.4 Å². The molecule has 9 nitrogen and oxygen atoms in total. The van der Waals surface area contributed by atoms with Gasteiger partial charge in [-0.3, -0.25) is 5.10 Å². The van der Waals surface area contributed by atoms with E-state index in [1.165, 1.54) is 19.2 Å². The van der Waals surface area contributed by atoms with Crippen molar-refractivity contribution in [2.45, 2.75) is 11.3 Å². The third kappa shape index (κ3) is 4.31. The molecule has 1 N–H and O–H groups in total. The van der Waals surface area contributed by atoms with E-state index in [-0.39, 0.29) is 4.90 Å². The summed E-state index contributed by atoms with van der Waals surface area (Å²) in [5, 5.41) is 7.51. The maximum atomic E-state index is 13.6. The minimum atomic E-state index is -3.40. The van der Waals surface area contributed by atoms with E-state index in [0.717, 1.165) is 12.5 Å². The largest absolute Gasteiger partial charge is 0.497 e. The van der Waals surface area contributed by atoms with Crippen molar-refractivity contribution in [2.24, 2.45) is 0 Å². The molecule has 0 aliphatic rings. The fourth-order valence-electron chi connectivity index (χ4n) is 3.14. The number of H-pyrrole nitrogens is 1. The second-order valence-electron chi connectivity index (χ2n) is 6.95. The van der Waals surface area contributed by atoms with E-state index in [9.17, 15) is 12.8 Å². The number of sulfone groups is 1. The zero-order valence-corrected chi connectivity index (χ0v) is 17.8. The summed E-state index contributed by atoms with van der Waals surface area (Å²) in [5.74, 6) is 1.44. The molecule has 0 amide bonds. The summed E-state index contributed by atoms with van der Waals surface area (Å²) in [4.78, 5) is 14.7. The van der Waals surface area contributed by atoms with Crippen molar-refractivity contribution in [2.75, 3.05) is 25.3 Å². The first kappa shape index (κ1) is 20.7. The molecule has 0 unspecified atom stereocenters. The smallest absolute Gasteiger partial charge is 0.175 e. The highest BCUT2D eigenvalue weighted by Gasteiger charge is 2.16. The highest BCUT2D eigenvalue weighted by atomic mass is 32.2. The Morgan fingerprint density at radius 2 is 2.00 bits per heavy atom. The number of rotatable bonds is 6. The van der Waals surface area contributed by atoms with Gasteiger partial charge in [0, 0.05) is 25.9 Å². The Balaban J connectivity index is 1.67. The van der Waals surface area contributed by atoms with E-state index in [4.69, 9.17) is 4.74 Å². The van der Waals surface area contributed by atoms with Gasteiger partial charge >= 0.3 is 0 Å². The molecular weight excluding hydrogens is 423 g/mol. The molecule has 0 aliphatic carbocycles. The quantitative estimate of drug-likeness (QED) is 0.485. The van der Waals surface area contributed by atoms with Crippen molar-refractivity contribution >= 4 is 32.5 Å². The molecule has 4 aromatic rings. The van der Waals surface area contributed by atoms with Crippen molar-refractivity contribution in [1.29, 1.82) is 0 Å². The minimum absolute atomic E-state index is 0.160. The number of nitrogens with one attached hydrogen (secondary N) is 1. The fourth-order valence-corrected chi connectivity index (χ4v) is 3.83. The normalized spacial score (nSPS) is 11.6. The molecule has 0 spiro atoms. The van der Waals surface area contributed by atoms with Gasteiger partial charge in [0.15, 0.2) is 21.3 Å². The second kappa shape index (κ2) is 7.91. The van der Waals surface area contributed by atoms with Crippen LogP contribution in [0.4, 0.5) is 16.0 Å². The summed E-state index contributed by atoms with van der Waals surface area (Å²) in [5.41, 5.74) is 1.15. The van der Waals surface area contributed by atoms with Crippen LogP contribution in [0.2, 0.25) is 0 Å². The molecule has 1 aromatic carbocycles. The van der Waals surface area contributed by atoms with Gasteiger partial charge < -0.3 is 9.64 Å². The summed E-state index contributed by atoms with van der Waals surface area (Å²) < 4.78 is 42.8. The molecule has 3 aromatic heterocycles. The molecule has 3 heterocycles. The Hall–Kier alpha value is -3.60. The highest BCUT2D eigenvalue weighted by molar-refractivity contribution is 7.90. The Morgan fingerprint density at radius 1 is 1.19 bits per heavy atom. The van der Waals surface area contributed by atoms with Crippen LogP contribution in [0, 0.1) is 5.82 Å². The summed E-state index contributed by atoms with van der Waals surface area (Å²) in [6.45, 7) is 0. The summed E-state index contributed by atoms with van der Waals surface area (Å²) in [6.07, 6.45) is 4.15. The van der Waals surface area contributed by atoms with E-state index in [2.05, 4.69) is 25.1 Å². The standard InChI is InChI=1S/C20H19FN6O3S/c1-27(20-16-9-13(21)11-23-19(16)25-26-20)18-4-5-22-17(24-18)8-12-6-14(30-2)10-15(7-12)31(3,28)29/h4-7,9-11H,8H2,1-3H3,(H,23,25,26). The molecular formula is C20H19FN6O3S. The van der Waals surface area contributed by atoms with Crippen LogP contribution in [-0.2, 0) is 16.3 Å². The van der Waals surface area contributed by atoms with Crippen LogP contribution in [0.3, 0.4) is 0 Å². The molecule has 0 fully saturated rings. The van der Waals surface area contributed by atoms with E-state index in [0.29, 0.717) is 46.2 Å². The first-order valence-electron chi connectivity index (χ1n) is 9.18. The molecule has 4 rings (SSSR count). The van der Waals surface area contributed by atoms with Crippen LogP contribution >= 0.6 is 0 Å². The maximum absolute atomic E-state index is 13.6. The molecule has 0 bridgehead atoms. The Labute approximate surface area is 177 Å². The number of aromatic amines is 1. The predicted molar refractivity (Wildman–Crippen MR) is 113 cm³/mol. The van der Waals surface area contributed by atoms with Gasteiger partial charge in [0.05, 0.1) is 23.6 Å². The number of aromatic nitrogens is 5. The van der Waals surface area contributed by atoms with Gasteiger partial charge in [-0.05, 0) is 35.9 Å². The molecule has 160 valence electrons. The molecule has 31 heavy (non-hydrogen) atoms. The van der Waals surface area contributed by atoms with Crippen molar-refractivity contribution < 1.29 is 17.5 Å². The molecule has 0 radical (unpaired) electrons. The minimum Gasteiger partial charge on any atom is -0.497 e. The molecule has 0 aliphatic heterocycles. The van der Waals surface area contributed by atoms with Gasteiger partial charge in [-0.25, -0.2) is 27.8 Å². The summed E-state index contributed by atoms with van der Waals surface area (Å²) in [6, 6.07) is 7.84. The lowest BCUT2D eigenvalue weighted by Gasteiger charge is -2.16. The SMILES string of the molecule is COc1cc(Cc2nccc(N(C)c3n[nH]c4ncc(F)cc34)n2)cc(S(C)(=O)=O)c1. The van der Waals surface area contributed by atoms with E-state index in [1.807, 2.05) is 0 Å². The van der Waals surface area contributed by atoms with E-state index >= 15 is 0 Å². The molecule has 0 saturated carbocycles. The zero-order chi connectivity index (χ0) is 22.2. The van der Waals surface area contributed by atoms with Crippen LogP contribution in [0.25, 0.3) is 11.0 Å². The van der Waals surface area contributed by atoms with Gasteiger partial charge in [0.1, 0.15) is 23.2 Å². The van der Waals surface area contributed by atoms with Crippen molar-refractivity contribution in [3.05, 3.63) is 59.9 Å². The van der Waals surface area contributed by atoms with Crippen LogP contribution < -0.4 is 9.64 Å². The first-order valence-corrected chi connectivity index (χ1v) is 11.1. The van der Waals surface area contributed by atoms with Crippen LogP contribution in [-0.4, -0.2) is 54.0 Å². The Kier molecular flexibility index (Phi) is 5.27. The maximum Gasteiger partial charge on any atom is 0.175 e. The van der Waals surface area contributed by atoms with Crippen molar-refractivity contribution in [1.82, 2.24) is 25.1 Å². The third-order valence-corrected chi connectivity index (χ3v) is 5.77. The monoisotopic (exact) mass is 442 g/mol. The van der Waals surface area contributed by atoms with Gasteiger partial charge in [-0.15, -0.1) is 0 Å². The lowest BCUT2D eigenvalue weighted by Crippen LogP contribution is -2.13. The van der Waals surface area contributed by atoms with Crippen LogP contribution in [0.5, 0.6) is 5.75 Å². The number of halogens is 1. The topological polar surface area (TPSA) is 114 Å². The molecule has 0 saturated heterocycles. The molecule has 0 atom stereocenters. The van der Waals surface area contributed by atoms with Gasteiger partial charge in [0.2, 0.25) is 0 Å². The van der Waals surface area contributed by atoms with Crippen molar-refractivity contribution in [3.63, 3.8) is 0 Å². The van der Waals surface area contributed by atoms with E-state index in [1.54, 1.807) is 36.3 Å². The number of anilines is 2. The summed E-state index contributed by atoms with van der Waals surface area (Å²) >= 11 is 0. The van der Waals surface area contributed by atoms with Gasteiger partial charge in [-0.2, -0.15) is 5.10 Å². The number of methoxy groups -OCH3 is 1. The van der Waals surface area contributed by atoms with Crippen LogP contribution in [0.15, 0.2) is 47.6 Å². The lowest BCUT2D eigenvalue weighted by atomic mass is 10.1. The number of fused-ring (bicyclic) bond motifs is 1. The lowest BCUT2D eigenvalue weighted by molar-refractivity contribution is 0.413. The van der Waals surface area contributed by atoms with E-state index < -0.39 is 15.7 Å².